The van der Waals surface area contributed by atoms with Crippen molar-refractivity contribution >= 4 is 34.4 Å². The molecule has 1 aliphatic heterocycles. The Bertz CT molecular complexity index is 835. The van der Waals surface area contributed by atoms with Gasteiger partial charge in [0.15, 0.2) is 5.17 Å². The molecule has 2 aromatic rings. The molecule has 7 heteroatoms. The highest BCUT2D eigenvalue weighted by atomic mass is 32.2. The number of rotatable bonds is 5. The molecule has 2 N–H and O–H groups in total. The molecule has 1 saturated heterocycles. The van der Waals surface area contributed by atoms with Crippen LogP contribution >= 0.6 is 11.8 Å². The van der Waals surface area contributed by atoms with Crippen LogP contribution < -0.4 is 10.6 Å². The zero-order valence-electron chi connectivity index (χ0n) is 14.2. The molecule has 1 fully saturated rings. The van der Waals surface area contributed by atoms with Crippen molar-refractivity contribution in [3.8, 4) is 0 Å². The van der Waals surface area contributed by atoms with Gasteiger partial charge in [-0.1, -0.05) is 41.6 Å². The molecule has 1 heterocycles. The smallest absolute Gasteiger partial charge is 0.240 e. The monoisotopic (exact) mass is 371 g/mol. The van der Waals surface area contributed by atoms with Crippen molar-refractivity contribution in [3.63, 3.8) is 0 Å². The van der Waals surface area contributed by atoms with Crippen molar-refractivity contribution in [2.45, 2.75) is 25.1 Å². The maximum atomic E-state index is 12.9. The number of amidine groups is 1. The van der Waals surface area contributed by atoms with Crippen LogP contribution in [0, 0.1) is 12.7 Å². The molecule has 2 amide bonds. The average molecular weight is 371 g/mol. The van der Waals surface area contributed by atoms with Crippen molar-refractivity contribution in [3.05, 3.63) is 65.5 Å². The van der Waals surface area contributed by atoms with E-state index >= 15 is 0 Å². The minimum atomic E-state index is -0.507. The molecule has 1 atom stereocenters. The molecule has 2 aromatic carbocycles. The summed E-state index contributed by atoms with van der Waals surface area (Å²) < 4.78 is 12.9. The van der Waals surface area contributed by atoms with Gasteiger partial charge < -0.3 is 10.6 Å². The molecule has 1 aliphatic rings. The first-order chi connectivity index (χ1) is 12.5. The Balaban J connectivity index is 1.53. The number of halogens is 1. The minimum absolute atomic E-state index is 0.0694. The van der Waals surface area contributed by atoms with Gasteiger partial charge in [0, 0.05) is 12.1 Å². The summed E-state index contributed by atoms with van der Waals surface area (Å²) in [6.45, 7) is 2.31. The lowest BCUT2D eigenvalue weighted by Gasteiger charge is -2.07. The Kier molecular flexibility index (Phi) is 5.68. The summed E-state index contributed by atoms with van der Waals surface area (Å²) in [4.78, 5) is 28.5. The van der Waals surface area contributed by atoms with Crippen LogP contribution in [-0.4, -0.2) is 22.2 Å². The van der Waals surface area contributed by atoms with Crippen molar-refractivity contribution in [1.82, 2.24) is 5.32 Å². The van der Waals surface area contributed by atoms with E-state index in [1.165, 1.54) is 23.9 Å². The van der Waals surface area contributed by atoms with E-state index in [-0.39, 0.29) is 24.1 Å². The van der Waals surface area contributed by atoms with E-state index in [0.29, 0.717) is 17.4 Å². The first-order valence-corrected chi connectivity index (χ1v) is 9.00. The fraction of sp³-hybridized carbons (Fsp3) is 0.211. The van der Waals surface area contributed by atoms with Crippen LogP contribution in [0.15, 0.2) is 53.5 Å². The third-order valence-corrected chi connectivity index (χ3v) is 4.92. The number of nitrogens with one attached hydrogen (secondary N) is 2. The van der Waals surface area contributed by atoms with Gasteiger partial charge in [0.2, 0.25) is 11.8 Å². The summed E-state index contributed by atoms with van der Waals surface area (Å²) >= 11 is 1.24. The average Bonchev–Trinajstić information content (AvgIpc) is 2.96. The van der Waals surface area contributed by atoms with Crippen LogP contribution in [0.5, 0.6) is 0 Å². The van der Waals surface area contributed by atoms with Crippen LogP contribution in [0.25, 0.3) is 0 Å². The lowest BCUT2D eigenvalue weighted by atomic mass is 10.2. The van der Waals surface area contributed by atoms with Crippen LogP contribution in [0.3, 0.4) is 0 Å². The summed E-state index contributed by atoms with van der Waals surface area (Å²) in [5, 5.41) is 5.44. The van der Waals surface area contributed by atoms with Gasteiger partial charge in [0.05, 0.1) is 6.54 Å². The van der Waals surface area contributed by atoms with E-state index in [4.69, 9.17) is 0 Å². The number of nitrogens with zero attached hydrogens (tertiary/aromatic N) is 1. The second-order valence-electron chi connectivity index (χ2n) is 5.96. The van der Waals surface area contributed by atoms with Gasteiger partial charge in [-0.25, -0.2) is 4.39 Å². The van der Waals surface area contributed by atoms with Gasteiger partial charge in [-0.3, -0.25) is 14.6 Å². The third kappa shape index (κ3) is 4.92. The topological polar surface area (TPSA) is 70.6 Å². The number of thioether (sulfide) groups is 1. The van der Waals surface area contributed by atoms with Crippen LogP contribution in [0.2, 0.25) is 0 Å². The lowest BCUT2D eigenvalue weighted by Crippen LogP contribution is -2.28. The lowest BCUT2D eigenvalue weighted by molar-refractivity contribution is -0.122. The molecule has 0 saturated carbocycles. The Morgan fingerprint density at radius 2 is 1.88 bits per heavy atom. The second-order valence-corrected chi connectivity index (χ2v) is 7.15. The molecule has 26 heavy (non-hydrogen) atoms. The van der Waals surface area contributed by atoms with Crippen LogP contribution in [0.1, 0.15) is 17.5 Å². The van der Waals surface area contributed by atoms with Gasteiger partial charge in [-0.05, 0) is 36.8 Å². The van der Waals surface area contributed by atoms with E-state index in [1.54, 1.807) is 12.1 Å². The number of anilines is 1. The highest BCUT2D eigenvalue weighted by Gasteiger charge is 2.31. The predicted molar refractivity (Wildman–Crippen MR) is 101 cm³/mol. The predicted octanol–water partition coefficient (Wildman–Crippen LogP) is 3.25. The van der Waals surface area contributed by atoms with E-state index in [2.05, 4.69) is 15.6 Å². The SMILES string of the molecule is Cc1ccc(NC(=O)C[C@H]2SC(=NCc3ccc(F)cc3)NC2=O)cc1. The quantitative estimate of drug-likeness (QED) is 0.848. The summed E-state index contributed by atoms with van der Waals surface area (Å²) in [7, 11) is 0. The fourth-order valence-electron chi connectivity index (χ4n) is 2.38. The first kappa shape index (κ1) is 18.1. The van der Waals surface area contributed by atoms with Crippen molar-refractivity contribution in [1.29, 1.82) is 0 Å². The van der Waals surface area contributed by atoms with E-state index in [9.17, 15) is 14.0 Å². The molecule has 0 spiro atoms. The molecular weight excluding hydrogens is 353 g/mol. The molecule has 0 aromatic heterocycles. The molecule has 0 unspecified atom stereocenters. The van der Waals surface area contributed by atoms with Gasteiger partial charge >= 0.3 is 0 Å². The minimum Gasteiger partial charge on any atom is -0.326 e. The number of amides is 2. The Labute approximate surface area is 155 Å². The first-order valence-electron chi connectivity index (χ1n) is 8.12. The maximum absolute atomic E-state index is 12.9. The molecule has 0 radical (unpaired) electrons. The van der Waals surface area contributed by atoms with Gasteiger partial charge in [0.25, 0.3) is 0 Å². The molecule has 0 bridgehead atoms. The number of aliphatic imine (C=N–C) groups is 1. The number of hydrogen-bond acceptors (Lipinski definition) is 4. The van der Waals surface area contributed by atoms with Gasteiger partial charge in [-0.2, -0.15) is 0 Å². The van der Waals surface area contributed by atoms with E-state index < -0.39 is 5.25 Å². The standard InChI is InChI=1S/C19H18FN3O2S/c1-12-2-8-15(9-3-12)22-17(24)10-16-18(25)23-19(26-16)21-11-13-4-6-14(20)7-5-13/h2-9,16H,10-11H2,1H3,(H,22,24)(H,21,23,25)/t16-/m1/s1. The fourth-order valence-corrected chi connectivity index (χ4v) is 3.35. The Morgan fingerprint density at radius 1 is 1.19 bits per heavy atom. The number of benzene rings is 2. The summed E-state index contributed by atoms with van der Waals surface area (Å²) in [5.41, 5.74) is 2.65. The maximum Gasteiger partial charge on any atom is 0.240 e. The van der Waals surface area contributed by atoms with Crippen LogP contribution in [-0.2, 0) is 16.1 Å². The Hall–Kier alpha value is -2.67. The highest BCUT2D eigenvalue weighted by Crippen LogP contribution is 2.23. The van der Waals surface area contributed by atoms with Crippen molar-refractivity contribution < 1.29 is 14.0 Å². The molecule has 134 valence electrons. The summed E-state index contributed by atoms with van der Waals surface area (Å²) in [5.74, 6) is -0.752. The third-order valence-electron chi connectivity index (χ3n) is 3.80. The normalized spacial score (nSPS) is 18.0. The van der Waals surface area contributed by atoms with E-state index in [1.807, 2.05) is 31.2 Å². The van der Waals surface area contributed by atoms with Gasteiger partial charge in [0.1, 0.15) is 11.1 Å². The molecule has 3 rings (SSSR count). The second kappa shape index (κ2) is 8.14. The zero-order valence-corrected chi connectivity index (χ0v) is 15.0. The number of carbonyl (C=O) groups excluding carboxylic acids is 2. The highest BCUT2D eigenvalue weighted by molar-refractivity contribution is 8.15. The molecule has 0 aliphatic carbocycles. The van der Waals surface area contributed by atoms with E-state index in [0.717, 1.165) is 11.1 Å². The van der Waals surface area contributed by atoms with Gasteiger partial charge in [-0.15, -0.1) is 0 Å². The molecular formula is C19H18FN3O2S. The number of aryl methyl sites for hydroxylation is 1. The zero-order chi connectivity index (χ0) is 18.5. The van der Waals surface area contributed by atoms with Crippen molar-refractivity contribution in [2.75, 3.05) is 5.32 Å². The largest absolute Gasteiger partial charge is 0.326 e. The number of hydrogen-bond donors (Lipinski definition) is 2. The Morgan fingerprint density at radius 3 is 2.58 bits per heavy atom. The van der Waals surface area contributed by atoms with Crippen LogP contribution in [0.4, 0.5) is 10.1 Å². The summed E-state index contributed by atoms with van der Waals surface area (Å²) in [6.07, 6.45) is 0.0694. The summed E-state index contributed by atoms with van der Waals surface area (Å²) in [6, 6.07) is 13.5. The molecule has 5 nitrogen and oxygen atoms in total. The van der Waals surface area contributed by atoms with Crippen molar-refractivity contribution in [2.24, 2.45) is 4.99 Å². The number of carbonyl (C=O) groups is 2.